The number of aryl methyl sites for hydroxylation is 1. The molecule has 4 rings (SSSR count). The number of carbonyl (C=O) groups excluding carboxylic acids is 1. The average Bonchev–Trinajstić information content (AvgIpc) is 3.68. The van der Waals surface area contributed by atoms with E-state index in [1.807, 2.05) is 34.0 Å². The molecule has 1 nitrogen and oxygen atoms in total. The van der Waals surface area contributed by atoms with Crippen LogP contribution in [0.4, 0.5) is 0 Å². The van der Waals surface area contributed by atoms with E-state index >= 15 is 0 Å². The molecular weight excluding hydrogens is 529 g/mol. The van der Waals surface area contributed by atoms with Gasteiger partial charge in [0.15, 0.2) is 5.78 Å². The maximum absolute atomic E-state index is 13.6. The molecule has 0 aliphatic heterocycles. The highest BCUT2D eigenvalue weighted by Crippen LogP contribution is 2.52. The first-order valence-electron chi connectivity index (χ1n) is 14.2. The van der Waals surface area contributed by atoms with Crippen LogP contribution in [0.2, 0.25) is 0 Å². The second kappa shape index (κ2) is 13.7. The van der Waals surface area contributed by atoms with Crippen molar-refractivity contribution in [2.45, 2.75) is 105 Å². The number of thiophene rings is 4. The molecule has 0 amide bonds. The van der Waals surface area contributed by atoms with Crippen molar-refractivity contribution in [1.29, 1.82) is 0 Å². The van der Waals surface area contributed by atoms with E-state index in [0.29, 0.717) is 11.7 Å². The zero-order valence-corrected chi connectivity index (χ0v) is 26.4. The third-order valence-electron chi connectivity index (χ3n) is 7.64. The fourth-order valence-electron chi connectivity index (χ4n) is 5.25. The lowest BCUT2D eigenvalue weighted by molar-refractivity contribution is 0.0912. The zero-order chi connectivity index (χ0) is 26.4. The summed E-state index contributed by atoms with van der Waals surface area (Å²) in [6, 6.07) is 6.82. The summed E-state index contributed by atoms with van der Waals surface area (Å²) in [6.45, 7) is 11.3. The number of carbonyl (C=O) groups is 1. The number of rotatable bonds is 15. The lowest BCUT2D eigenvalue weighted by Gasteiger charge is -2.12. The highest BCUT2D eigenvalue weighted by atomic mass is 32.1. The first kappa shape index (κ1) is 28.7. The Kier molecular flexibility index (Phi) is 10.6. The molecule has 0 N–H and O–H groups in total. The molecule has 0 radical (unpaired) electrons. The van der Waals surface area contributed by atoms with Gasteiger partial charge in [0.2, 0.25) is 0 Å². The monoisotopic (exact) mass is 570 g/mol. The quantitative estimate of drug-likeness (QED) is 0.103. The maximum atomic E-state index is 13.6. The predicted molar refractivity (Wildman–Crippen MR) is 170 cm³/mol. The minimum atomic E-state index is 0.145. The van der Waals surface area contributed by atoms with Crippen LogP contribution in [0, 0.1) is 12.8 Å². The van der Waals surface area contributed by atoms with Crippen LogP contribution in [0.15, 0.2) is 29.0 Å². The number of fused-ring (bicyclic) bond motifs is 1. The molecule has 2 atom stereocenters. The van der Waals surface area contributed by atoms with Crippen LogP contribution in [-0.4, -0.2) is 5.78 Å². The molecule has 0 saturated carbocycles. The lowest BCUT2D eigenvalue weighted by atomic mass is 9.93. The summed E-state index contributed by atoms with van der Waals surface area (Å²) < 4.78 is 1.31. The van der Waals surface area contributed by atoms with Gasteiger partial charge >= 0.3 is 0 Å². The molecule has 0 aliphatic rings. The third-order valence-corrected chi connectivity index (χ3v) is 12.4. The average molecular weight is 571 g/mol. The van der Waals surface area contributed by atoms with Gasteiger partial charge in [-0.05, 0) is 72.2 Å². The van der Waals surface area contributed by atoms with Gasteiger partial charge in [0.1, 0.15) is 0 Å². The Morgan fingerprint density at radius 1 is 0.811 bits per heavy atom. The number of ketones is 1. The van der Waals surface area contributed by atoms with Gasteiger partial charge in [-0.3, -0.25) is 4.79 Å². The molecule has 37 heavy (non-hydrogen) atoms. The van der Waals surface area contributed by atoms with Crippen LogP contribution in [-0.2, 0) is 0 Å². The molecule has 0 fully saturated rings. The van der Waals surface area contributed by atoms with Crippen molar-refractivity contribution in [3.8, 4) is 19.5 Å². The lowest BCUT2D eigenvalue weighted by Crippen LogP contribution is -2.12. The van der Waals surface area contributed by atoms with Crippen LogP contribution in [0.3, 0.4) is 0 Å². The van der Waals surface area contributed by atoms with Gasteiger partial charge in [-0.2, -0.15) is 0 Å². The Morgan fingerprint density at radius 2 is 1.54 bits per heavy atom. The van der Waals surface area contributed by atoms with Crippen LogP contribution >= 0.6 is 45.3 Å². The minimum absolute atomic E-state index is 0.145. The third kappa shape index (κ3) is 6.49. The number of hydrogen-bond donors (Lipinski definition) is 0. The van der Waals surface area contributed by atoms with E-state index in [1.165, 1.54) is 79.2 Å². The van der Waals surface area contributed by atoms with Crippen molar-refractivity contribution < 1.29 is 4.79 Å². The van der Waals surface area contributed by atoms with E-state index in [-0.39, 0.29) is 5.92 Å². The smallest absolute Gasteiger partial charge is 0.175 e. The van der Waals surface area contributed by atoms with Gasteiger partial charge in [0, 0.05) is 21.1 Å². The zero-order valence-electron chi connectivity index (χ0n) is 23.2. The number of unbranched alkanes of at least 4 members (excludes halogenated alkanes) is 5. The van der Waals surface area contributed by atoms with Crippen LogP contribution in [0.1, 0.15) is 119 Å². The van der Waals surface area contributed by atoms with Gasteiger partial charge in [-0.15, -0.1) is 45.3 Å². The summed E-state index contributed by atoms with van der Waals surface area (Å²) in [4.78, 5) is 20.1. The molecule has 0 bridgehead atoms. The highest BCUT2D eigenvalue weighted by molar-refractivity contribution is 7.32. The summed E-state index contributed by atoms with van der Waals surface area (Å²) in [5, 5.41) is 5.77. The van der Waals surface area contributed by atoms with E-state index in [1.54, 1.807) is 11.3 Å². The van der Waals surface area contributed by atoms with E-state index in [2.05, 4.69) is 63.6 Å². The Balaban J connectivity index is 1.72. The van der Waals surface area contributed by atoms with Gasteiger partial charge in [-0.25, -0.2) is 0 Å². The van der Waals surface area contributed by atoms with Crippen molar-refractivity contribution >= 4 is 61.2 Å². The molecule has 4 heterocycles. The van der Waals surface area contributed by atoms with E-state index < -0.39 is 0 Å². The van der Waals surface area contributed by atoms with Crippen molar-refractivity contribution in [1.82, 2.24) is 0 Å². The Morgan fingerprint density at radius 3 is 2.24 bits per heavy atom. The largest absolute Gasteiger partial charge is 0.293 e. The summed E-state index contributed by atoms with van der Waals surface area (Å²) in [6.07, 6.45) is 12.1. The van der Waals surface area contributed by atoms with Crippen molar-refractivity contribution in [3.63, 3.8) is 0 Å². The summed E-state index contributed by atoms with van der Waals surface area (Å²) in [5.74, 6) is 1.06. The van der Waals surface area contributed by atoms with Gasteiger partial charge in [0.25, 0.3) is 0 Å². The molecule has 4 aromatic heterocycles. The first-order valence-corrected chi connectivity index (χ1v) is 17.6. The molecule has 0 spiro atoms. The second-order valence-electron chi connectivity index (χ2n) is 10.5. The Hall–Kier alpha value is -1.27. The number of hydrogen-bond acceptors (Lipinski definition) is 5. The predicted octanol–water partition coefficient (Wildman–Crippen LogP) is 12.6. The standard InChI is InChI=1S/C32H42OS4/c1-6-9-11-12-13-14-21(4)24-17-19-35-29(24)30-25-20-26(27(33)23(8-3)15-10-7-2)36-31(25)32(37-30)28-22(5)16-18-34-28/h16-21,23H,6-15H2,1-5H3. The van der Waals surface area contributed by atoms with Crippen LogP contribution in [0.25, 0.3) is 29.6 Å². The van der Waals surface area contributed by atoms with Crippen molar-refractivity contribution in [2.24, 2.45) is 5.92 Å². The van der Waals surface area contributed by atoms with Gasteiger partial charge < -0.3 is 0 Å². The summed E-state index contributed by atoms with van der Waals surface area (Å²) in [5.41, 5.74) is 2.83. The van der Waals surface area contributed by atoms with Gasteiger partial charge in [0.05, 0.1) is 19.3 Å². The topological polar surface area (TPSA) is 17.1 Å². The maximum Gasteiger partial charge on any atom is 0.175 e. The fourth-order valence-corrected chi connectivity index (χ4v) is 10.3. The SMILES string of the molecule is CCCCCCCC(C)c1ccsc1-c1sc(-c2sccc2C)c2sc(C(=O)C(CC)CCCC)cc12. The minimum Gasteiger partial charge on any atom is -0.293 e. The molecule has 4 aromatic rings. The molecule has 0 aromatic carbocycles. The van der Waals surface area contributed by atoms with E-state index in [0.717, 1.165) is 30.6 Å². The van der Waals surface area contributed by atoms with E-state index in [9.17, 15) is 4.79 Å². The first-order chi connectivity index (χ1) is 18.0. The van der Waals surface area contributed by atoms with Crippen LogP contribution < -0.4 is 0 Å². The second-order valence-corrected chi connectivity index (χ2v) is 14.4. The summed E-state index contributed by atoms with van der Waals surface area (Å²) >= 11 is 7.40. The molecule has 2 unspecified atom stereocenters. The van der Waals surface area contributed by atoms with Crippen molar-refractivity contribution in [2.75, 3.05) is 0 Å². The molecular formula is C32H42OS4. The Bertz CT molecular complexity index is 1280. The summed E-state index contributed by atoms with van der Waals surface area (Å²) in [7, 11) is 0. The van der Waals surface area contributed by atoms with Gasteiger partial charge in [-0.1, -0.05) is 72.6 Å². The fraction of sp³-hybridized carbons (Fsp3) is 0.531. The molecule has 5 heteroatoms. The Labute approximate surface area is 240 Å². The normalized spacial score (nSPS) is 13.4. The molecule has 200 valence electrons. The molecule has 0 aliphatic carbocycles. The van der Waals surface area contributed by atoms with Crippen molar-refractivity contribution in [3.05, 3.63) is 45.0 Å². The number of Topliss-reactive ketones (excluding diaryl/α,β-unsaturated/α-hetero) is 1. The highest BCUT2D eigenvalue weighted by Gasteiger charge is 2.26. The van der Waals surface area contributed by atoms with E-state index in [4.69, 9.17) is 0 Å². The van der Waals surface area contributed by atoms with Crippen LogP contribution in [0.5, 0.6) is 0 Å². The molecule has 0 saturated heterocycles.